The van der Waals surface area contributed by atoms with Gasteiger partial charge in [-0.2, -0.15) is 0 Å². The Morgan fingerprint density at radius 3 is 2.58 bits per heavy atom. The fraction of sp³-hybridized carbons (Fsp3) is 0.143. The zero-order chi connectivity index (χ0) is 13.8. The molecule has 19 heavy (non-hydrogen) atoms. The second-order valence-corrected chi connectivity index (χ2v) is 4.13. The summed E-state index contributed by atoms with van der Waals surface area (Å²) in [5.74, 6) is -0.892. The lowest BCUT2D eigenvalue weighted by Gasteiger charge is -2.15. The molecule has 0 saturated heterocycles. The van der Waals surface area contributed by atoms with Crippen LogP contribution in [0, 0.1) is 5.82 Å². The number of hydrogen-bond donors (Lipinski definition) is 2. The highest BCUT2D eigenvalue weighted by molar-refractivity contribution is 5.85. The van der Waals surface area contributed by atoms with Gasteiger partial charge in [0.1, 0.15) is 11.6 Å². The molecule has 0 saturated carbocycles. The normalized spacial score (nSPS) is 11.9. The van der Waals surface area contributed by atoms with E-state index < -0.39 is 5.97 Å². The summed E-state index contributed by atoms with van der Waals surface area (Å²) in [5, 5.41) is 11.9. The quantitative estimate of drug-likeness (QED) is 0.886. The lowest BCUT2D eigenvalue weighted by atomic mass is 10.1. The summed E-state index contributed by atoms with van der Waals surface area (Å²) in [4.78, 5) is 14.8. The summed E-state index contributed by atoms with van der Waals surface area (Å²) in [7, 11) is 0. The Morgan fingerprint density at radius 2 is 1.95 bits per heavy atom. The molecule has 0 radical (unpaired) electrons. The maximum Gasteiger partial charge on any atom is 0.354 e. The van der Waals surface area contributed by atoms with Crippen molar-refractivity contribution >= 4 is 11.8 Å². The molecule has 0 aliphatic heterocycles. The summed E-state index contributed by atoms with van der Waals surface area (Å²) >= 11 is 0. The van der Waals surface area contributed by atoms with Gasteiger partial charge in [0.05, 0.1) is 0 Å². The number of halogens is 1. The molecule has 0 bridgehead atoms. The van der Waals surface area contributed by atoms with Gasteiger partial charge >= 0.3 is 5.97 Å². The number of rotatable bonds is 4. The van der Waals surface area contributed by atoms with E-state index in [9.17, 15) is 9.18 Å². The van der Waals surface area contributed by atoms with Gasteiger partial charge < -0.3 is 10.4 Å². The molecule has 0 aliphatic rings. The van der Waals surface area contributed by atoms with Crippen LogP contribution < -0.4 is 5.32 Å². The molecule has 2 N–H and O–H groups in total. The van der Waals surface area contributed by atoms with E-state index in [1.54, 1.807) is 24.3 Å². The van der Waals surface area contributed by atoms with Crippen LogP contribution in [0.4, 0.5) is 10.2 Å². The molecular formula is C14H13FN2O2. The smallest absolute Gasteiger partial charge is 0.354 e. The molecule has 0 spiro atoms. The number of nitrogens with one attached hydrogen (secondary N) is 1. The maximum atomic E-state index is 12.8. The number of pyridine rings is 1. The number of carbonyl (C=O) groups is 1. The number of hydrogen-bond acceptors (Lipinski definition) is 3. The number of nitrogens with zero attached hydrogens (tertiary/aromatic N) is 1. The van der Waals surface area contributed by atoms with Crippen LogP contribution in [-0.4, -0.2) is 16.1 Å². The first kappa shape index (κ1) is 13.0. The number of benzene rings is 1. The highest BCUT2D eigenvalue weighted by Crippen LogP contribution is 2.18. The van der Waals surface area contributed by atoms with E-state index in [-0.39, 0.29) is 17.6 Å². The highest BCUT2D eigenvalue weighted by atomic mass is 19.1. The highest BCUT2D eigenvalue weighted by Gasteiger charge is 2.09. The molecule has 1 aromatic heterocycles. The maximum absolute atomic E-state index is 12.8. The van der Waals surface area contributed by atoms with Gasteiger partial charge in [-0.05, 0) is 36.8 Å². The first-order valence-corrected chi connectivity index (χ1v) is 5.78. The number of anilines is 1. The monoisotopic (exact) mass is 260 g/mol. The largest absolute Gasteiger partial charge is 0.477 e. The molecule has 5 heteroatoms. The predicted molar refractivity (Wildman–Crippen MR) is 69.6 cm³/mol. The number of aromatic nitrogens is 1. The van der Waals surface area contributed by atoms with Gasteiger partial charge in [-0.15, -0.1) is 0 Å². The molecule has 1 heterocycles. The number of carboxylic acid groups (broad SMARTS) is 1. The van der Waals surface area contributed by atoms with Crippen molar-refractivity contribution in [1.29, 1.82) is 0 Å². The van der Waals surface area contributed by atoms with E-state index in [0.717, 1.165) is 5.56 Å². The van der Waals surface area contributed by atoms with Gasteiger partial charge in [-0.25, -0.2) is 14.2 Å². The fourth-order valence-corrected chi connectivity index (χ4v) is 1.69. The van der Waals surface area contributed by atoms with Crippen LogP contribution in [0.2, 0.25) is 0 Å². The van der Waals surface area contributed by atoms with Crippen LogP contribution in [0.1, 0.15) is 29.0 Å². The molecule has 1 aromatic carbocycles. The molecule has 2 aromatic rings. The third kappa shape index (κ3) is 3.28. The van der Waals surface area contributed by atoms with Crippen molar-refractivity contribution in [3.05, 3.63) is 59.5 Å². The van der Waals surface area contributed by atoms with Crippen molar-refractivity contribution in [2.24, 2.45) is 0 Å². The lowest BCUT2D eigenvalue weighted by Crippen LogP contribution is -2.10. The first-order chi connectivity index (χ1) is 9.06. The van der Waals surface area contributed by atoms with E-state index in [4.69, 9.17) is 5.11 Å². The summed E-state index contributed by atoms with van der Waals surface area (Å²) < 4.78 is 12.8. The van der Waals surface area contributed by atoms with Gasteiger partial charge in [0.2, 0.25) is 0 Å². The lowest BCUT2D eigenvalue weighted by molar-refractivity contribution is 0.0690. The molecule has 0 fully saturated rings. The molecule has 0 amide bonds. The van der Waals surface area contributed by atoms with Crippen LogP contribution in [0.15, 0.2) is 42.5 Å². The number of carboxylic acids is 1. The fourth-order valence-electron chi connectivity index (χ4n) is 1.69. The zero-order valence-corrected chi connectivity index (χ0v) is 10.3. The Bertz CT molecular complexity index is 584. The first-order valence-electron chi connectivity index (χ1n) is 5.78. The van der Waals surface area contributed by atoms with Crippen LogP contribution in [0.3, 0.4) is 0 Å². The van der Waals surface area contributed by atoms with Crippen LogP contribution in [0.5, 0.6) is 0 Å². The van der Waals surface area contributed by atoms with E-state index in [2.05, 4.69) is 10.3 Å². The minimum Gasteiger partial charge on any atom is -0.477 e. The van der Waals surface area contributed by atoms with Gasteiger partial charge in [0.15, 0.2) is 5.69 Å². The van der Waals surface area contributed by atoms with Crippen molar-refractivity contribution in [3.8, 4) is 0 Å². The topological polar surface area (TPSA) is 62.2 Å². The summed E-state index contributed by atoms with van der Waals surface area (Å²) in [6.07, 6.45) is 0. The van der Waals surface area contributed by atoms with E-state index >= 15 is 0 Å². The molecule has 4 nitrogen and oxygen atoms in total. The molecule has 1 atom stereocenters. The Morgan fingerprint density at radius 1 is 1.26 bits per heavy atom. The Hall–Kier alpha value is -2.43. The summed E-state index contributed by atoms with van der Waals surface area (Å²) in [5.41, 5.74) is 0.875. The average Bonchev–Trinajstić information content (AvgIpc) is 2.39. The standard InChI is InChI=1S/C14H13FN2O2/c1-9(10-5-7-11(15)8-6-10)16-13-4-2-3-12(17-13)14(18)19/h2-9H,1H3,(H,16,17)(H,18,19). The SMILES string of the molecule is CC(Nc1cccc(C(=O)O)n1)c1ccc(F)cc1. The van der Waals surface area contributed by atoms with E-state index in [0.29, 0.717) is 5.82 Å². The van der Waals surface area contributed by atoms with Gasteiger partial charge in [0, 0.05) is 6.04 Å². The number of aromatic carboxylic acids is 1. The Kier molecular flexibility index (Phi) is 3.75. The summed E-state index contributed by atoms with van der Waals surface area (Å²) in [6, 6.07) is 10.8. The second-order valence-electron chi connectivity index (χ2n) is 4.13. The molecule has 1 unspecified atom stereocenters. The molecule has 2 rings (SSSR count). The Labute approximate surface area is 109 Å². The predicted octanol–water partition coefficient (Wildman–Crippen LogP) is 3.09. The second kappa shape index (κ2) is 5.48. The van der Waals surface area contributed by atoms with Gasteiger partial charge in [0.25, 0.3) is 0 Å². The van der Waals surface area contributed by atoms with Crippen molar-refractivity contribution in [1.82, 2.24) is 4.98 Å². The molecule has 98 valence electrons. The average molecular weight is 260 g/mol. The van der Waals surface area contributed by atoms with Crippen LogP contribution in [0.25, 0.3) is 0 Å². The zero-order valence-electron chi connectivity index (χ0n) is 10.3. The third-order valence-electron chi connectivity index (χ3n) is 2.70. The van der Waals surface area contributed by atoms with Crippen LogP contribution in [-0.2, 0) is 0 Å². The minimum atomic E-state index is -1.07. The van der Waals surface area contributed by atoms with Crippen LogP contribution >= 0.6 is 0 Å². The minimum absolute atomic E-state index is 0.0173. The third-order valence-corrected chi connectivity index (χ3v) is 2.70. The van der Waals surface area contributed by atoms with E-state index in [1.807, 2.05) is 6.92 Å². The Balaban J connectivity index is 2.14. The van der Waals surface area contributed by atoms with E-state index in [1.165, 1.54) is 18.2 Å². The molecular weight excluding hydrogens is 247 g/mol. The van der Waals surface area contributed by atoms with Gasteiger partial charge in [-0.1, -0.05) is 18.2 Å². The van der Waals surface area contributed by atoms with Gasteiger partial charge in [-0.3, -0.25) is 0 Å². The molecule has 0 aliphatic carbocycles. The van der Waals surface area contributed by atoms with Crippen molar-refractivity contribution < 1.29 is 14.3 Å². The van der Waals surface area contributed by atoms with Crippen molar-refractivity contribution in [2.75, 3.05) is 5.32 Å². The summed E-state index contributed by atoms with van der Waals surface area (Å²) in [6.45, 7) is 1.89. The van der Waals surface area contributed by atoms with Crippen molar-refractivity contribution in [3.63, 3.8) is 0 Å². The van der Waals surface area contributed by atoms with Crippen molar-refractivity contribution in [2.45, 2.75) is 13.0 Å².